The topological polar surface area (TPSA) is 21.3 Å². The number of likely N-dealkylation sites (N-methyl/N-ethyl adjacent to an activating group) is 1. The Labute approximate surface area is 105 Å². The van der Waals surface area contributed by atoms with E-state index in [1.165, 1.54) is 11.1 Å². The standard InChI is InChI=1S/C15H25NO/c1-5-13-10-15(17-11-12(2)3)7-6-14(13)8-9-16-4/h6-7,10,12,16H,5,8-9,11H2,1-4H3. The molecule has 0 radical (unpaired) electrons. The van der Waals surface area contributed by atoms with Gasteiger partial charge in [-0.25, -0.2) is 0 Å². The summed E-state index contributed by atoms with van der Waals surface area (Å²) >= 11 is 0. The molecule has 2 nitrogen and oxygen atoms in total. The minimum atomic E-state index is 0.573. The van der Waals surface area contributed by atoms with Gasteiger partial charge in [-0.1, -0.05) is 26.8 Å². The number of benzene rings is 1. The average molecular weight is 235 g/mol. The zero-order valence-electron chi connectivity index (χ0n) is 11.5. The summed E-state index contributed by atoms with van der Waals surface area (Å²) in [5.74, 6) is 1.58. The lowest BCUT2D eigenvalue weighted by molar-refractivity contribution is 0.271. The van der Waals surface area contributed by atoms with Crippen molar-refractivity contribution in [2.24, 2.45) is 5.92 Å². The van der Waals surface area contributed by atoms with E-state index in [9.17, 15) is 0 Å². The molecule has 0 amide bonds. The van der Waals surface area contributed by atoms with Gasteiger partial charge in [-0.2, -0.15) is 0 Å². The van der Waals surface area contributed by atoms with Gasteiger partial charge in [0.2, 0.25) is 0 Å². The van der Waals surface area contributed by atoms with Gasteiger partial charge in [-0.15, -0.1) is 0 Å². The highest BCUT2D eigenvalue weighted by Gasteiger charge is 2.04. The van der Waals surface area contributed by atoms with Gasteiger partial charge < -0.3 is 10.1 Å². The summed E-state index contributed by atoms with van der Waals surface area (Å²) in [5.41, 5.74) is 2.83. The minimum absolute atomic E-state index is 0.573. The van der Waals surface area contributed by atoms with Gasteiger partial charge in [0.05, 0.1) is 6.61 Å². The summed E-state index contributed by atoms with van der Waals surface area (Å²) in [7, 11) is 1.99. The fourth-order valence-electron chi connectivity index (χ4n) is 1.79. The van der Waals surface area contributed by atoms with E-state index >= 15 is 0 Å². The van der Waals surface area contributed by atoms with E-state index in [-0.39, 0.29) is 0 Å². The Morgan fingerprint density at radius 3 is 2.59 bits per heavy atom. The number of rotatable bonds is 7. The molecule has 1 rings (SSSR count). The Kier molecular flexibility index (Phi) is 6.06. The first-order valence-corrected chi connectivity index (χ1v) is 6.56. The lowest BCUT2D eigenvalue weighted by Gasteiger charge is -2.13. The van der Waals surface area contributed by atoms with Crippen LogP contribution in [0.1, 0.15) is 31.9 Å². The Morgan fingerprint density at radius 1 is 1.24 bits per heavy atom. The highest BCUT2D eigenvalue weighted by atomic mass is 16.5. The summed E-state index contributed by atoms with van der Waals surface area (Å²) in [4.78, 5) is 0. The molecule has 1 aromatic carbocycles. The first-order valence-electron chi connectivity index (χ1n) is 6.56. The van der Waals surface area contributed by atoms with E-state index < -0.39 is 0 Å². The van der Waals surface area contributed by atoms with Gasteiger partial charge in [0, 0.05) is 0 Å². The van der Waals surface area contributed by atoms with Crippen LogP contribution in [0.2, 0.25) is 0 Å². The van der Waals surface area contributed by atoms with Crippen molar-refractivity contribution in [3.8, 4) is 5.75 Å². The maximum absolute atomic E-state index is 5.75. The monoisotopic (exact) mass is 235 g/mol. The van der Waals surface area contributed by atoms with Crippen molar-refractivity contribution >= 4 is 0 Å². The number of ether oxygens (including phenoxy) is 1. The van der Waals surface area contributed by atoms with Crippen molar-refractivity contribution in [1.29, 1.82) is 0 Å². The van der Waals surface area contributed by atoms with Gasteiger partial charge >= 0.3 is 0 Å². The highest BCUT2D eigenvalue weighted by Crippen LogP contribution is 2.19. The lowest BCUT2D eigenvalue weighted by Crippen LogP contribution is -2.11. The van der Waals surface area contributed by atoms with Crippen LogP contribution in [0.5, 0.6) is 5.75 Å². The van der Waals surface area contributed by atoms with Crippen LogP contribution in [0.4, 0.5) is 0 Å². The minimum Gasteiger partial charge on any atom is -0.493 e. The molecule has 96 valence electrons. The largest absolute Gasteiger partial charge is 0.493 e. The number of aryl methyl sites for hydroxylation is 1. The molecule has 1 N–H and O–H groups in total. The molecule has 0 fully saturated rings. The van der Waals surface area contributed by atoms with Gasteiger partial charge in [0.1, 0.15) is 5.75 Å². The van der Waals surface area contributed by atoms with Crippen LogP contribution in [-0.2, 0) is 12.8 Å². The molecule has 0 bridgehead atoms. The summed E-state index contributed by atoms with van der Waals surface area (Å²) in [6.07, 6.45) is 2.15. The third-order valence-corrected chi connectivity index (χ3v) is 2.79. The first kappa shape index (κ1) is 14.0. The molecule has 0 heterocycles. The van der Waals surface area contributed by atoms with Crippen molar-refractivity contribution in [1.82, 2.24) is 5.32 Å². The van der Waals surface area contributed by atoms with E-state index in [1.54, 1.807) is 0 Å². The molecule has 0 aliphatic carbocycles. The molecule has 0 saturated heterocycles. The third-order valence-electron chi connectivity index (χ3n) is 2.79. The van der Waals surface area contributed by atoms with Crippen LogP contribution in [0, 0.1) is 5.92 Å². The zero-order chi connectivity index (χ0) is 12.7. The predicted molar refractivity (Wildman–Crippen MR) is 73.8 cm³/mol. The number of nitrogens with one attached hydrogen (secondary N) is 1. The molecular weight excluding hydrogens is 210 g/mol. The Bertz CT molecular complexity index is 334. The highest BCUT2D eigenvalue weighted by molar-refractivity contribution is 5.36. The molecule has 1 aromatic rings. The van der Waals surface area contributed by atoms with Crippen LogP contribution in [0.3, 0.4) is 0 Å². The molecule has 0 aromatic heterocycles. The normalized spacial score (nSPS) is 10.9. The van der Waals surface area contributed by atoms with E-state index in [1.807, 2.05) is 7.05 Å². The van der Waals surface area contributed by atoms with E-state index in [0.29, 0.717) is 5.92 Å². The number of hydrogen-bond acceptors (Lipinski definition) is 2. The Morgan fingerprint density at radius 2 is 2.00 bits per heavy atom. The van der Waals surface area contributed by atoms with Crippen LogP contribution in [-0.4, -0.2) is 20.2 Å². The molecule has 0 atom stereocenters. The maximum Gasteiger partial charge on any atom is 0.119 e. The Balaban J connectivity index is 2.70. The van der Waals surface area contributed by atoms with Gasteiger partial charge in [0.25, 0.3) is 0 Å². The summed E-state index contributed by atoms with van der Waals surface area (Å²) < 4.78 is 5.75. The molecule has 17 heavy (non-hydrogen) atoms. The molecule has 2 heteroatoms. The van der Waals surface area contributed by atoms with E-state index in [4.69, 9.17) is 4.74 Å². The van der Waals surface area contributed by atoms with E-state index in [0.717, 1.165) is 31.7 Å². The van der Waals surface area contributed by atoms with Crippen molar-refractivity contribution in [3.63, 3.8) is 0 Å². The fraction of sp³-hybridized carbons (Fsp3) is 0.600. The second-order valence-electron chi connectivity index (χ2n) is 4.84. The van der Waals surface area contributed by atoms with Gasteiger partial charge in [-0.05, 0) is 55.6 Å². The van der Waals surface area contributed by atoms with Crippen molar-refractivity contribution in [2.75, 3.05) is 20.2 Å². The summed E-state index contributed by atoms with van der Waals surface area (Å²) in [6.45, 7) is 8.35. The van der Waals surface area contributed by atoms with Gasteiger partial charge in [-0.3, -0.25) is 0 Å². The summed E-state index contributed by atoms with van der Waals surface area (Å²) in [6, 6.07) is 6.48. The first-order chi connectivity index (χ1) is 8.17. The predicted octanol–water partition coefficient (Wildman–Crippen LogP) is 3.05. The van der Waals surface area contributed by atoms with Gasteiger partial charge in [0.15, 0.2) is 0 Å². The molecule has 0 saturated carbocycles. The van der Waals surface area contributed by atoms with Crippen molar-refractivity contribution in [3.05, 3.63) is 29.3 Å². The van der Waals surface area contributed by atoms with Crippen molar-refractivity contribution in [2.45, 2.75) is 33.6 Å². The van der Waals surface area contributed by atoms with Crippen LogP contribution in [0.25, 0.3) is 0 Å². The SMILES string of the molecule is CCc1cc(OCC(C)C)ccc1CCNC. The zero-order valence-corrected chi connectivity index (χ0v) is 11.5. The molecule has 0 aliphatic heterocycles. The quantitative estimate of drug-likeness (QED) is 0.784. The number of hydrogen-bond donors (Lipinski definition) is 1. The molecule has 0 spiro atoms. The smallest absolute Gasteiger partial charge is 0.119 e. The van der Waals surface area contributed by atoms with E-state index in [2.05, 4.69) is 44.3 Å². The van der Waals surface area contributed by atoms with Crippen molar-refractivity contribution < 1.29 is 4.74 Å². The second-order valence-corrected chi connectivity index (χ2v) is 4.84. The third kappa shape index (κ3) is 4.78. The maximum atomic E-state index is 5.75. The van der Waals surface area contributed by atoms with Crippen LogP contribution >= 0.6 is 0 Å². The molecular formula is C15H25NO. The summed E-state index contributed by atoms with van der Waals surface area (Å²) in [5, 5.41) is 3.19. The Hall–Kier alpha value is -1.02. The molecule has 0 unspecified atom stereocenters. The average Bonchev–Trinajstić information content (AvgIpc) is 2.34. The molecule has 0 aliphatic rings. The second kappa shape index (κ2) is 7.33. The van der Waals surface area contributed by atoms with Crippen LogP contribution < -0.4 is 10.1 Å². The van der Waals surface area contributed by atoms with Crippen LogP contribution in [0.15, 0.2) is 18.2 Å². The lowest BCUT2D eigenvalue weighted by atomic mass is 10.0. The fourth-order valence-corrected chi connectivity index (χ4v) is 1.79.